The maximum absolute atomic E-state index is 13.4. The van der Waals surface area contributed by atoms with Gasteiger partial charge in [-0.2, -0.15) is 0 Å². The molecule has 1 aliphatic heterocycles. The minimum absolute atomic E-state index is 0.0752. The fourth-order valence-corrected chi connectivity index (χ4v) is 3.93. The molecule has 1 aliphatic carbocycles. The van der Waals surface area contributed by atoms with Crippen molar-refractivity contribution in [3.05, 3.63) is 59.2 Å². The van der Waals surface area contributed by atoms with Crippen LogP contribution in [0.2, 0.25) is 0 Å². The molecule has 160 valence electrons. The van der Waals surface area contributed by atoms with Crippen molar-refractivity contribution < 1.29 is 19.0 Å². The van der Waals surface area contributed by atoms with E-state index in [4.69, 9.17) is 14.2 Å². The van der Waals surface area contributed by atoms with Crippen LogP contribution < -0.4 is 9.47 Å². The summed E-state index contributed by atoms with van der Waals surface area (Å²) in [5, 5.41) is 0. The SMILES string of the molecule is COc1ccc(OC)c(CN(C(=O)c2cccc(CN3CCOCC3)c2)C2CC2)c1. The van der Waals surface area contributed by atoms with E-state index >= 15 is 0 Å². The van der Waals surface area contributed by atoms with Gasteiger partial charge in [-0.25, -0.2) is 0 Å². The maximum atomic E-state index is 13.4. The number of methoxy groups -OCH3 is 2. The lowest BCUT2D eigenvalue weighted by Gasteiger charge is -2.27. The van der Waals surface area contributed by atoms with Crippen LogP contribution >= 0.6 is 0 Å². The zero-order valence-electron chi connectivity index (χ0n) is 17.8. The van der Waals surface area contributed by atoms with E-state index in [0.717, 1.165) is 73.9 Å². The second-order valence-corrected chi connectivity index (χ2v) is 7.93. The van der Waals surface area contributed by atoms with E-state index in [1.165, 1.54) is 0 Å². The third-order valence-corrected chi connectivity index (χ3v) is 5.76. The van der Waals surface area contributed by atoms with Crippen LogP contribution in [0.25, 0.3) is 0 Å². The highest BCUT2D eigenvalue weighted by molar-refractivity contribution is 5.94. The van der Waals surface area contributed by atoms with E-state index in [2.05, 4.69) is 11.0 Å². The van der Waals surface area contributed by atoms with Gasteiger partial charge in [0.15, 0.2) is 0 Å². The molecule has 30 heavy (non-hydrogen) atoms. The fraction of sp³-hybridized carbons (Fsp3) is 0.458. The zero-order valence-corrected chi connectivity index (χ0v) is 17.8. The Bertz CT molecular complexity index is 875. The summed E-state index contributed by atoms with van der Waals surface area (Å²) < 4.78 is 16.3. The Kier molecular flexibility index (Phi) is 6.55. The normalized spacial score (nSPS) is 16.9. The van der Waals surface area contributed by atoms with E-state index < -0.39 is 0 Å². The van der Waals surface area contributed by atoms with Crippen molar-refractivity contribution in [3.63, 3.8) is 0 Å². The summed E-state index contributed by atoms with van der Waals surface area (Å²) in [5.74, 6) is 1.61. The molecule has 4 rings (SSSR count). The second kappa shape index (κ2) is 9.49. The molecular weight excluding hydrogens is 380 g/mol. The van der Waals surface area contributed by atoms with Crippen molar-refractivity contribution in [2.24, 2.45) is 0 Å². The summed E-state index contributed by atoms with van der Waals surface area (Å²) in [5.41, 5.74) is 2.87. The van der Waals surface area contributed by atoms with Crippen molar-refractivity contribution in [1.82, 2.24) is 9.80 Å². The molecule has 0 spiro atoms. The molecule has 0 atom stereocenters. The van der Waals surface area contributed by atoms with Crippen LogP contribution in [0.4, 0.5) is 0 Å². The Morgan fingerprint density at radius 1 is 1.10 bits per heavy atom. The van der Waals surface area contributed by atoms with Gasteiger partial charge in [0.2, 0.25) is 0 Å². The van der Waals surface area contributed by atoms with Crippen LogP contribution in [0.15, 0.2) is 42.5 Å². The van der Waals surface area contributed by atoms with Gasteiger partial charge in [-0.05, 0) is 48.7 Å². The Balaban J connectivity index is 1.52. The van der Waals surface area contributed by atoms with Gasteiger partial charge >= 0.3 is 0 Å². The maximum Gasteiger partial charge on any atom is 0.254 e. The molecule has 1 saturated carbocycles. The summed E-state index contributed by atoms with van der Waals surface area (Å²) in [4.78, 5) is 17.8. The first-order valence-corrected chi connectivity index (χ1v) is 10.6. The lowest BCUT2D eigenvalue weighted by molar-refractivity contribution is 0.0341. The average Bonchev–Trinajstić information content (AvgIpc) is 3.63. The molecule has 0 radical (unpaired) electrons. The van der Waals surface area contributed by atoms with E-state index in [1.54, 1.807) is 14.2 Å². The second-order valence-electron chi connectivity index (χ2n) is 7.93. The number of hydrogen-bond acceptors (Lipinski definition) is 5. The number of rotatable bonds is 8. The van der Waals surface area contributed by atoms with Crippen LogP contribution in [-0.2, 0) is 17.8 Å². The molecule has 2 fully saturated rings. The lowest BCUT2D eigenvalue weighted by atomic mass is 10.1. The first-order chi connectivity index (χ1) is 14.7. The largest absolute Gasteiger partial charge is 0.497 e. The molecule has 2 aromatic rings. The van der Waals surface area contributed by atoms with Gasteiger partial charge in [0.25, 0.3) is 5.91 Å². The topological polar surface area (TPSA) is 51.2 Å². The Morgan fingerprint density at radius 3 is 2.60 bits per heavy atom. The molecule has 1 heterocycles. The van der Waals surface area contributed by atoms with Gasteiger partial charge < -0.3 is 19.1 Å². The van der Waals surface area contributed by atoms with Gasteiger partial charge in [-0.3, -0.25) is 9.69 Å². The summed E-state index contributed by atoms with van der Waals surface area (Å²) in [6.45, 7) is 4.77. The molecule has 1 amide bonds. The molecule has 1 saturated heterocycles. The smallest absolute Gasteiger partial charge is 0.254 e. The third-order valence-electron chi connectivity index (χ3n) is 5.76. The van der Waals surface area contributed by atoms with Crippen LogP contribution in [0, 0.1) is 0 Å². The molecule has 2 aliphatic rings. The minimum atomic E-state index is 0.0752. The first kappa shape index (κ1) is 20.7. The number of benzene rings is 2. The number of hydrogen-bond donors (Lipinski definition) is 0. The highest BCUT2D eigenvalue weighted by Crippen LogP contribution is 2.33. The number of nitrogens with zero attached hydrogens (tertiary/aromatic N) is 2. The average molecular weight is 411 g/mol. The van der Waals surface area contributed by atoms with Crippen LogP contribution in [0.5, 0.6) is 11.5 Å². The lowest BCUT2D eigenvalue weighted by Crippen LogP contribution is -2.36. The standard InChI is InChI=1S/C24H30N2O4/c1-28-22-8-9-23(29-2)20(15-22)17-26(21-6-7-21)24(27)19-5-3-4-18(14-19)16-25-10-12-30-13-11-25/h3-5,8-9,14-15,21H,6-7,10-13,16-17H2,1-2H3. The minimum Gasteiger partial charge on any atom is -0.497 e. The summed E-state index contributed by atoms with van der Waals surface area (Å²) in [6.07, 6.45) is 2.09. The first-order valence-electron chi connectivity index (χ1n) is 10.6. The Hall–Kier alpha value is -2.57. The molecule has 0 N–H and O–H groups in total. The molecular formula is C24H30N2O4. The van der Waals surface area contributed by atoms with Gasteiger partial charge in [0.05, 0.1) is 34.0 Å². The number of carbonyl (C=O) groups is 1. The molecule has 0 bridgehead atoms. The van der Waals surface area contributed by atoms with Crippen molar-refractivity contribution in [1.29, 1.82) is 0 Å². The van der Waals surface area contributed by atoms with Gasteiger partial charge in [0, 0.05) is 36.8 Å². The molecule has 6 heteroatoms. The van der Waals surface area contributed by atoms with Crippen molar-refractivity contribution in [2.75, 3.05) is 40.5 Å². The van der Waals surface area contributed by atoms with Crippen LogP contribution in [0.1, 0.15) is 34.3 Å². The third kappa shape index (κ3) is 4.94. The van der Waals surface area contributed by atoms with Crippen molar-refractivity contribution >= 4 is 5.91 Å². The van der Waals surface area contributed by atoms with E-state index in [9.17, 15) is 4.79 Å². The molecule has 2 aromatic carbocycles. The predicted octanol–water partition coefficient (Wildman–Crippen LogP) is 3.34. The van der Waals surface area contributed by atoms with E-state index in [-0.39, 0.29) is 11.9 Å². The van der Waals surface area contributed by atoms with E-state index in [0.29, 0.717) is 6.54 Å². The summed E-state index contributed by atoms with van der Waals surface area (Å²) in [6, 6.07) is 14.1. The summed E-state index contributed by atoms with van der Waals surface area (Å²) >= 11 is 0. The van der Waals surface area contributed by atoms with Crippen molar-refractivity contribution in [2.45, 2.75) is 32.0 Å². The van der Waals surface area contributed by atoms with Gasteiger partial charge in [0.1, 0.15) is 11.5 Å². The van der Waals surface area contributed by atoms with Crippen LogP contribution in [0.3, 0.4) is 0 Å². The number of morpholine rings is 1. The molecule has 6 nitrogen and oxygen atoms in total. The van der Waals surface area contributed by atoms with E-state index in [1.807, 2.05) is 41.3 Å². The number of amides is 1. The number of carbonyl (C=O) groups excluding carboxylic acids is 1. The zero-order chi connectivity index (χ0) is 20.9. The van der Waals surface area contributed by atoms with Gasteiger partial charge in [-0.15, -0.1) is 0 Å². The molecule has 0 aromatic heterocycles. The quantitative estimate of drug-likeness (QED) is 0.668. The summed E-state index contributed by atoms with van der Waals surface area (Å²) in [7, 11) is 3.30. The van der Waals surface area contributed by atoms with Gasteiger partial charge in [-0.1, -0.05) is 12.1 Å². The monoisotopic (exact) mass is 410 g/mol. The Labute approximate surface area is 178 Å². The number of ether oxygens (including phenoxy) is 3. The fourth-order valence-electron chi connectivity index (χ4n) is 3.93. The van der Waals surface area contributed by atoms with Crippen molar-refractivity contribution in [3.8, 4) is 11.5 Å². The predicted molar refractivity (Wildman–Crippen MR) is 115 cm³/mol. The molecule has 0 unspecified atom stereocenters. The highest BCUT2D eigenvalue weighted by Gasteiger charge is 2.33. The Morgan fingerprint density at radius 2 is 1.90 bits per heavy atom. The van der Waals surface area contributed by atoms with Crippen LogP contribution in [-0.4, -0.2) is 62.3 Å². The highest BCUT2D eigenvalue weighted by atomic mass is 16.5.